The van der Waals surface area contributed by atoms with Crippen molar-refractivity contribution < 1.29 is 14.7 Å². The number of imidazole rings is 1. The number of carbonyl (C=O) groups is 2. The van der Waals surface area contributed by atoms with Gasteiger partial charge in [0.15, 0.2) is 5.16 Å². The second-order valence-electron chi connectivity index (χ2n) is 8.00. The second kappa shape index (κ2) is 8.82. The van der Waals surface area contributed by atoms with Crippen LogP contribution in [-0.2, 0) is 9.59 Å². The SMILES string of the molecule is CC(C)c1ccc(-n2c(Cl)cnc2SC(C)(C)C(=O)CCC(=O)O)c2ccccc12. The van der Waals surface area contributed by atoms with Crippen LogP contribution in [0.5, 0.6) is 0 Å². The van der Waals surface area contributed by atoms with E-state index in [-0.39, 0.29) is 18.6 Å². The number of halogens is 1. The molecule has 0 fully saturated rings. The first kappa shape index (κ1) is 22.4. The van der Waals surface area contributed by atoms with Gasteiger partial charge in [-0.25, -0.2) is 4.98 Å². The van der Waals surface area contributed by atoms with Crippen molar-refractivity contribution in [3.8, 4) is 5.69 Å². The van der Waals surface area contributed by atoms with Gasteiger partial charge in [-0.15, -0.1) is 0 Å². The van der Waals surface area contributed by atoms with Crippen molar-refractivity contribution in [3.63, 3.8) is 0 Å². The summed E-state index contributed by atoms with van der Waals surface area (Å²) in [5, 5.41) is 12.1. The van der Waals surface area contributed by atoms with Gasteiger partial charge in [0.2, 0.25) is 0 Å². The van der Waals surface area contributed by atoms with Gasteiger partial charge in [-0.1, -0.05) is 67.5 Å². The van der Waals surface area contributed by atoms with Crippen LogP contribution in [-0.4, -0.2) is 31.2 Å². The number of rotatable bonds is 8. The lowest BCUT2D eigenvalue weighted by molar-refractivity contribution is -0.138. The number of Topliss-reactive ketones (excluding diaryl/α,β-unsaturated/α-hetero) is 1. The summed E-state index contributed by atoms with van der Waals surface area (Å²) in [6, 6.07) is 12.3. The minimum absolute atomic E-state index is 0.0181. The molecule has 0 spiro atoms. The van der Waals surface area contributed by atoms with Crippen LogP contribution in [0, 0.1) is 0 Å². The van der Waals surface area contributed by atoms with Gasteiger partial charge in [0, 0.05) is 11.8 Å². The fourth-order valence-electron chi connectivity index (χ4n) is 3.42. The number of thioether (sulfide) groups is 1. The number of aromatic nitrogens is 2. The molecule has 0 bridgehead atoms. The molecular weight excluding hydrogens is 420 g/mol. The van der Waals surface area contributed by atoms with Crippen molar-refractivity contribution in [1.82, 2.24) is 9.55 Å². The lowest BCUT2D eigenvalue weighted by atomic mass is 9.95. The third kappa shape index (κ3) is 4.55. The number of hydrogen-bond donors (Lipinski definition) is 1. The molecule has 7 heteroatoms. The lowest BCUT2D eigenvalue weighted by Gasteiger charge is -2.23. The molecular formula is C23H25ClN2O3S. The lowest BCUT2D eigenvalue weighted by Crippen LogP contribution is -2.28. The maximum Gasteiger partial charge on any atom is 0.303 e. The van der Waals surface area contributed by atoms with E-state index in [0.717, 1.165) is 16.5 Å². The summed E-state index contributed by atoms with van der Waals surface area (Å²) in [7, 11) is 0. The van der Waals surface area contributed by atoms with Crippen molar-refractivity contribution in [2.45, 2.75) is 56.4 Å². The van der Waals surface area contributed by atoms with Gasteiger partial charge in [-0.05, 0) is 36.8 Å². The van der Waals surface area contributed by atoms with Gasteiger partial charge in [0.25, 0.3) is 0 Å². The van der Waals surface area contributed by atoms with Crippen LogP contribution in [0.1, 0.15) is 52.0 Å². The fourth-order valence-corrected chi connectivity index (χ4v) is 4.75. The van der Waals surface area contributed by atoms with Gasteiger partial charge in [0.1, 0.15) is 10.9 Å². The highest BCUT2D eigenvalue weighted by atomic mass is 35.5. The predicted octanol–water partition coefficient (Wildman–Crippen LogP) is 6.11. The van der Waals surface area contributed by atoms with Gasteiger partial charge in [0.05, 0.1) is 23.1 Å². The van der Waals surface area contributed by atoms with Gasteiger partial charge < -0.3 is 5.11 Å². The Kier molecular flexibility index (Phi) is 6.58. The molecule has 1 heterocycles. The molecule has 0 unspecified atom stereocenters. The standard InChI is InChI=1S/C23H25ClN2O3S/c1-14(2)15-9-10-18(17-8-6-5-7-16(15)17)26-20(24)13-25-22(26)30-23(3,4)19(27)11-12-21(28)29/h5-10,13-14H,11-12H2,1-4H3,(H,28,29). The largest absolute Gasteiger partial charge is 0.481 e. The molecule has 0 saturated heterocycles. The number of nitrogens with zero attached hydrogens (tertiary/aromatic N) is 2. The van der Waals surface area contributed by atoms with Crippen LogP contribution in [0.2, 0.25) is 5.15 Å². The summed E-state index contributed by atoms with van der Waals surface area (Å²) >= 11 is 7.81. The summed E-state index contributed by atoms with van der Waals surface area (Å²) in [4.78, 5) is 27.9. The van der Waals surface area contributed by atoms with E-state index in [1.165, 1.54) is 17.3 Å². The first-order chi connectivity index (χ1) is 14.1. The minimum atomic E-state index is -0.981. The highest BCUT2D eigenvalue weighted by molar-refractivity contribution is 8.01. The summed E-state index contributed by atoms with van der Waals surface area (Å²) in [5.74, 6) is -0.743. The summed E-state index contributed by atoms with van der Waals surface area (Å²) in [5.41, 5.74) is 2.15. The van der Waals surface area contributed by atoms with Crippen molar-refractivity contribution in [2.75, 3.05) is 0 Å². The van der Waals surface area contributed by atoms with Crippen molar-refractivity contribution in [3.05, 3.63) is 53.3 Å². The van der Waals surface area contributed by atoms with E-state index < -0.39 is 10.7 Å². The van der Waals surface area contributed by atoms with E-state index in [0.29, 0.717) is 16.2 Å². The molecule has 5 nitrogen and oxygen atoms in total. The van der Waals surface area contributed by atoms with E-state index in [1.807, 2.05) is 22.8 Å². The Morgan fingerprint density at radius 1 is 1.13 bits per heavy atom. The molecule has 0 amide bonds. The van der Waals surface area contributed by atoms with Crippen LogP contribution in [0.25, 0.3) is 16.5 Å². The zero-order valence-electron chi connectivity index (χ0n) is 17.5. The molecule has 0 aliphatic rings. The third-order valence-corrected chi connectivity index (χ3v) is 6.54. The molecule has 0 atom stereocenters. The average molecular weight is 445 g/mol. The normalized spacial score (nSPS) is 11.9. The van der Waals surface area contributed by atoms with Gasteiger partial charge in [-0.2, -0.15) is 0 Å². The molecule has 0 aliphatic heterocycles. The summed E-state index contributed by atoms with van der Waals surface area (Å²) < 4.78 is 1.01. The van der Waals surface area contributed by atoms with Gasteiger partial charge >= 0.3 is 5.97 Å². The molecule has 30 heavy (non-hydrogen) atoms. The smallest absolute Gasteiger partial charge is 0.303 e. The Morgan fingerprint density at radius 3 is 2.43 bits per heavy atom. The number of carbonyl (C=O) groups excluding carboxylic acids is 1. The quantitative estimate of drug-likeness (QED) is 0.424. The van der Waals surface area contributed by atoms with Crippen LogP contribution in [0.3, 0.4) is 0 Å². The first-order valence-corrected chi connectivity index (χ1v) is 11.0. The number of hydrogen-bond acceptors (Lipinski definition) is 4. The molecule has 0 saturated carbocycles. The molecule has 0 aliphatic carbocycles. The van der Waals surface area contributed by atoms with Crippen molar-refractivity contribution >= 4 is 45.9 Å². The number of aliphatic carboxylic acids is 1. The Labute approximate surface area is 185 Å². The molecule has 3 rings (SSSR count). The van der Waals surface area contributed by atoms with E-state index in [9.17, 15) is 9.59 Å². The minimum Gasteiger partial charge on any atom is -0.481 e. The highest BCUT2D eigenvalue weighted by Gasteiger charge is 2.31. The molecule has 1 N–H and O–H groups in total. The number of ketones is 1. The van der Waals surface area contributed by atoms with Crippen LogP contribution in [0.15, 0.2) is 47.8 Å². The van der Waals surface area contributed by atoms with Crippen LogP contribution >= 0.6 is 23.4 Å². The van der Waals surface area contributed by atoms with Crippen LogP contribution in [0.4, 0.5) is 0 Å². The van der Waals surface area contributed by atoms with E-state index >= 15 is 0 Å². The number of carboxylic acids is 1. The third-order valence-electron chi connectivity index (χ3n) is 5.07. The Bertz CT molecular complexity index is 1110. The summed E-state index contributed by atoms with van der Waals surface area (Å²) in [6.45, 7) is 7.90. The Hall–Kier alpha value is -2.31. The topological polar surface area (TPSA) is 72.2 Å². The van der Waals surface area contributed by atoms with Crippen LogP contribution < -0.4 is 0 Å². The van der Waals surface area contributed by atoms with Gasteiger partial charge in [-0.3, -0.25) is 14.2 Å². The zero-order chi connectivity index (χ0) is 22.1. The maximum atomic E-state index is 12.6. The highest BCUT2D eigenvalue weighted by Crippen LogP contribution is 2.39. The summed E-state index contributed by atoms with van der Waals surface area (Å²) in [6.07, 6.45) is 1.38. The van der Waals surface area contributed by atoms with E-state index in [2.05, 4.69) is 37.0 Å². The molecule has 1 aromatic heterocycles. The number of carboxylic acid groups (broad SMARTS) is 1. The zero-order valence-corrected chi connectivity index (χ0v) is 19.0. The van der Waals surface area contributed by atoms with Crippen molar-refractivity contribution in [2.24, 2.45) is 0 Å². The predicted molar refractivity (Wildman–Crippen MR) is 122 cm³/mol. The Balaban J connectivity index is 2.04. The molecule has 3 aromatic rings. The average Bonchev–Trinajstić information content (AvgIpc) is 3.04. The van der Waals surface area contributed by atoms with Crippen molar-refractivity contribution in [1.29, 1.82) is 0 Å². The molecule has 158 valence electrons. The van der Waals surface area contributed by atoms with E-state index in [4.69, 9.17) is 16.7 Å². The first-order valence-electron chi connectivity index (χ1n) is 9.81. The maximum absolute atomic E-state index is 12.6. The molecule has 2 aromatic carbocycles. The second-order valence-corrected chi connectivity index (χ2v) is 9.98. The Morgan fingerprint density at radius 2 is 1.80 bits per heavy atom. The number of fused-ring (bicyclic) bond motifs is 1. The van der Waals surface area contributed by atoms with E-state index in [1.54, 1.807) is 20.0 Å². The molecule has 0 radical (unpaired) electrons. The monoisotopic (exact) mass is 444 g/mol. The number of benzene rings is 2. The fraction of sp³-hybridized carbons (Fsp3) is 0.348.